The zero-order valence-corrected chi connectivity index (χ0v) is 13.7. The van der Waals surface area contributed by atoms with E-state index >= 15 is 0 Å². The molecule has 1 atom stereocenters. The summed E-state index contributed by atoms with van der Waals surface area (Å²) in [5.74, 6) is 0.270. The summed E-state index contributed by atoms with van der Waals surface area (Å²) in [6.45, 7) is 1.66. The molecule has 1 heterocycles. The molecule has 3 rings (SSSR count). The number of methoxy groups -OCH3 is 1. The smallest absolute Gasteiger partial charge is 0.344 e. The molecule has 0 spiro atoms. The van der Waals surface area contributed by atoms with E-state index in [1.807, 2.05) is 0 Å². The van der Waals surface area contributed by atoms with Crippen LogP contribution in [0.15, 0.2) is 24.3 Å². The van der Waals surface area contributed by atoms with Crippen molar-refractivity contribution in [1.82, 2.24) is 21.1 Å². The number of carbonyl (C=O) groups is 2. The molecule has 2 aliphatic rings. The molecule has 7 nitrogen and oxygen atoms in total. The maximum absolute atomic E-state index is 12.7. The van der Waals surface area contributed by atoms with Gasteiger partial charge in [0.05, 0.1) is 7.11 Å². The van der Waals surface area contributed by atoms with Crippen LogP contribution in [0.3, 0.4) is 0 Å². The van der Waals surface area contributed by atoms with E-state index in [2.05, 4.69) is 16.1 Å². The Morgan fingerprint density at radius 1 is 1.35 bits per heavy atom. The molecular formula is C15H18N4O3S. The topological polar surface area (TPSA) is 82.7 Å². The summed E-state index contributed by atoms with van der Waals surface area (Å²) in [6, 6.07) is 6.80. The molecule has 1 saturated carbocycles. The van der Waals surface area contributed by atoms with Gasteiger partial charge in [0.15, 0.2) is 5.11 Å². The molecule has 1 aromatic rings. The first kappa shape index (κ1) is 15.5. The number of nitrogens with one attached hydrogen (secondary N) is 3. The Bertz CT molecular complexity index is 659. The van der Waals surface area contributed by atoms with Crippen LogP contribution < -0.4 is 20.8 Å². The number of hydrogen-bond donors (Lipinski definition) is 3. The second-order valence-electron chi connectivity index (χ2n) is 5.78. The number of imide groups is 1. The van der Waals surface area contributed by atoms with Gasteiger partial charge in [-0.1, -0.05) is 12.1 Å². The summed E-state index contributed by atoms with van der Waals surface area (Å²) in [7, 11) is 1.57. The summed E-state index contributed by atoms with van der Waals surface area (Å²) in [4.78, 5) is 24.8. The van der Waals surface area contributed by atoms with E-state index in [-0.39, 0.29) is 5.11 Å². The normalized spacial score (nSPS) is 23.5. The third kappa shape index (κ3) is 2.94. The highest BCUT2D eigenvalue weighted by molar-refractivity contribution is 7.80. The number of ether oxygens (including phenoxy) is 1. The quantitative estimate of drug-likeness (QED) is 0.563. The molecule has 0 radical (unpaired) electrons. The first-order valence-electron chi connectivity index (χ1n) is 7.32. The van der Waals surface area contributed by atoms with Crippen LogP contribution >= 0.6 is 12.2 Å². The van der Waals surface area contributed by atoms with Crippen molar-refractivity contribution in [3.63, 3.8) is 0 Å². The predicted octanol–water partition coefficient (Wildman–Crippen LogP) is 1.00. The molecule has 1 aliphatic carbocycles. The van der Waals surface area contributed by atoms with Gasteiger partial charge in [0.25, 0.3) is 5.91 Å². The maximum atomic E-state index is 12.7. The summed E-state index contributed by atoms with van der Waals surface area (Å²) in [5.41, 5.74) is 2.19. The highest BCUT2D eigenvalue weighted by Gasteiger charge is 2.49. The van der Waals surface area contributed by atoms with Crippen molar-refractivity contribution in [2.24, 2.45) is 0 Å². The summed E-state index contributed by atoms with van der Waals surface area (Å²) >= 11 is 5.12. The van der Waals surface area contributed by atoms with Crippen molar-refractivity contribution in [3.8, 4) is 5.75 Å². The van der Waals surface area contributed by atoms with Crippen LogP contribution in [0.25, 0.3) is 0 Å². The van der Waals surface area contributed by atoms with Gasteiger partial charge in [-0.25, -0.2) is 4.79 Å². The first-order chi connectivity index (χ1) is 10.9. The van der Waals surface area contributed by atoms with E-state index < -0.39 is 17.5 Å². The molecule has 122 valence electrons. The fraction of sp³-hybridized carbons (Fsp3) is 0.400. The third-order valence-electron chi connectivity index (χ3n) is 3.98. The Kier molecular flexibility index (Phi) is 3.85. The van der Waals surface area contributed by atoms with Crippen molar-refractivity contribution in [1.29, 1.82) is 0 Å². The largest absolute Gasteiger partial charge is 0.497 e. The van der Waals surface area contributed by atoms with Gasteiger partial charge >= 0.3 is 6.03 Å². The monoisotopic (exact) mass is 334 g/mol. The number of carbonyl (C=O) groups excluding carboxylic acids is 2. The van der Waals surface area contributed by atoms with Gasteiger partial charge in [-0.05, 0) is 49.7 Å². The number of rotatable bonds is 4. The number of nitrogens with zero attached hydrogens (tertiary/aromatic N) is 1. The van der Waals surface area contributed by atoms with E-state index in [1.54, 1.807) is 38.3 Å². The zero-order valence-electron chi connectivity index (χ0n) is 12.9. The highest BCUT2D eigenvalue weighted by Crippen LogP contribution is 2.29. The summed E-state index contributed by atoms with van der Waals surface area (Å²) in [6.07, 6.45) is 2.09. The van der Waals surface area contributed by atoms with Crippen molar-refractivity contribution >= 4 is 29.3 Å². The second-order valence-corrected chi connectivity index (χ2v) is 6.19. The van der Waals surface area contributed by atoms with E-state index in [4.69, 9.17) is 17.0 Å². The second kappa shape index (κ2) is 5.69. The van der Waals surface area contributed by atoms with E-state index in [9.17, 15) is 9.59 Å². The minimum atomic E-state index is -1.15. The Morgan fingerprint density at radius 3 is 2.57 bits per heavy atom. The number of hydrazine groups is 1. The number of amides is 3. The molecule has 3 N–H and O–H groups in total. The van der Waals surface area contributed by atoms with E-state index in [1.165, 1.54) is 0 Å². The van der Waals surface area contributed by atoms with Crippen LogP contribution in [0, 0.1) is 0 Å². The van der Waals surface area contributed by atoms with E-state index in [0.717, 1.165) is 17.9 Å². The van der Waals surface area contributed by atoms with Crippen LogP contribution in [0.4, 0.5) is 4.79 Å². The van der Waals surface area contributed by atoms with Crippen molar-refractivity contribution < 1.29 is 14.3 Å². The van der Waals surface area contributed by atoms with Crippen LogP contribution in [-0.2, 0) is 10.3 Å². The molecule has 2 fully saturated rings. The SMILES string of the molecule is COc1ccc([C@@]2(C)NC(=O)N(NC(=S)NC3CC3)C2=O)cc1. The van der Waals surface area contributed by atoms with Gasteiger partial charge < -0.3 is 15.4 Å². The van der Waals surface area contributed by atoms with Gasteiger partial charge in [-0.3, -0.25) is 10.2 Å². The highest BCUT2D eigenvalue weighted by atomic mass is 32.1. The minimum absolute atomic E-state index is 0.273. The Balaban J connectivity index is 1.76. The predicted molar refractivity (Wildman–Crippen MR) is 87.6 cm³/mol. The summed E-state index contributed by atoms with van der Waals surface area (Å²) < 4.78 is 5.11. The van der Waals surface area contributed by atoms with Gasteiger partial charge in [-0.15, -0.1) is 0 Å². The average Bonchev–Trinajstić information content (AvgIpc) is 3.32. The van der Waals surface area contributed by atoms with Crippen LogP contribution in [0.5, 0.6) is 5.75 Å². The van der Waals surface area contributed by atoms with Gasteiger partial charge in [0.1, 0.15) is 11.3 Å². The standard InChI is InChI=1S/C15H18N4O3S/c1-15(9-3-7-11(22-2)8-4-9)12(20)19(14(21)17-15)18-13(23)16-10-5-6-10/h3-4,7-8,10H,5-6H2,1-2H3,(H,17,21)(H2,16,18,23)/t15-/m1/s1. The van der Waals surface area contributed by atoms with Gasteiger partial charge in [0, 0.05) is 6.04 Å². The first-order valence-corrected chi connectivity index (χ1v) is 7.73. The van der Waals surface area contributed by atoms with Gasteiger partial charge in [-0.2, -0.15) is 5.01 Å². The number of thiocarbonyl (C=S) groups is 1. The molecule has 1 saturated heterocycles. The fourth-order valence-electron chi connectivity index (χ4n) is 2.41. The molecule has 8 heteroatoms. The zero-order chi connectivity index (χ0) is 16.6. The Hall–Kier alpha value is -2.35. The number of hydrogen-bond acceptors (Lipinski definition) is 4. The molecule has 1 aromatic carbocycles. The lowest BCUT2D eigenvalue weighted by atomic mass is 9.92. The molecule has 3 amide bonds. The Labute approximate surface area is 139 Å². The summed E-state index contributed by atoms with van der Waals surface area (Å²) in [5, 5.41) is 6.93. The molecule has 23 heavy (non-hydrogen) atoms. The van der Waals surface area contributed by atoms with Crippen molar-refractivity contribution in [2.45, 2.75) is 31.3 Å². The van der Waals surface area contributed by atoms with Crippen LogP contribution in [0.1, 0.15) is 25.3 Å². The van der Waals surface area contributed by atoms with Crippen LogP contribution in [-0.4, -0.2) is 35.2 Å². The fourth-order valence-corrected chi connectivity index (χ4v) is 2.67. The van der Waals surface area contributed by atoms with Gasteiger partial charge in [0.2, 0.25) is 0 Å². The third-order valence-corrected chi connectivity index (χ3v) is 4.19. The molecular weight excluding hydrogens is 316 g/mol. The van der Waals surface area contributed by atoms with Crippen molar-refractivity contribution in [2.75, 3.05) is 7.11 Å². The lowest BCUT2D eigenvalue weighted by Gasteiger charge is -2.22. The lowest BCUT2D eigenvalue weighted by molar-refractivity contribution is -0.132. The average molecular weight is 334 g/mol. The number of benzene rings is 1. The molecule has 0 unspecified atom stereocenters. The van der Waals surface area contributed by atoms with Crippen molar-refractivity contribution in [3.05, 3.63) is 29.8 Å². The maximum Gasteiger partial charge on any atom is 0.344 e. The lowest BCUT2D eigenvalue weighted by Crippen LogP contribution is -2.51. The molecule has 0 aromatic heterocycles. The Morgan fingerprint density at radius 2 is 2.00 bits per heavy atom. The molecule has 1 aliphatic heterocycles. The molecule has 0 bridgehead atoms. The van der Waals surface area contributed by atoms with Crippen LogP contribution in [0.2, 0.25) is 0 Å². The van der Waals surface area contributed by atoms with E-state index in [0.29, 0.717) is 17.4 Å². The minimum Gasteiger partial charge on any atom is -0.497 e. The number of urea groups is 1.